The number of benzene rings is 1. The molecule has 0 bridgehead atoms. The van der Waals surface area contributed by atoms with Gasteiger partial charge in [-0.05, 0) is 23.8 Å². The number of carbonyl (C=O) groups excluding carboxylic acids is 1. The minimum Gasteiger partial charge on any atom is -0.299 e. The number of hydrogen-bond acceptors (Lipinski definition) is 2. The van der Waals surface area contributed by atoms with Crippen LogP contribution in [0.1, 0.15) is 5.56 Å². The average molecular weight is 164 g/mol. The molecule has 0 aliphatic rings. The van der Waals surface area contributed by atoms with E-state index in [1.807, 2.05) is 24.3 Å². The summed E-state index contributed by atoms with van der Waals surface area (Å²) in [7, 11) is 0. The van der Waals surface area contributed by atoms with Crippen LogP contribution in [0.5, 0.6) is 0 Å². The zero-order chi connectivity index (χ0) is 8.10. The van der Waals surface area contributed by atoms with Crippen molar-refractivity contribution in [2.24, 2.45) is 0 Å². The lowest BCUT2D eigenvalue weighted by molar-refractivity contribution is -0.104. The molecule has 0 saturated heterocycles. The normalized spacial score (nSPS) is 10.3. The summed E-state index contributed by atoms with van der Waals surface area (Å²) < 4.78 is 0. The van der Waals surface area contributed by atoms with Gasteiger partial charge in [0, 0.05) is 4.90 Å². The third-order valence-corrected chi connectivity index (χ3v) is 1.56. The molecule has 2 heteroatoms. The molecule has 0 radical (unpaired) electrons. The van der Waals surface area contributed by atoms with E-state index < -0.39 is 0 Å². The SMILES string of the molecule is O=CC=Cc1ccc(S)cc1. The number of carbonyl (C=O) groups is 1. The minimum atomic E-state index is 0.759. The maximum atomic E-state index is 9.94. The van der Waals surface area contributed by atoms with Gasteiger partial charge in [0.2, 0.25) is 0 Å². The Bertz CT molecular complexity index is 261. The van der Waals surface area contributed by atoms with Crippen molar-refractivity contribution < 1.29 is 4.79 Å². The van der Waals surface area contributed by atoms with E-state index in [4.69, 9.17) is 0 Å². The van der Waals surface area contributed by atoms with E-state index in [0.717, 1.165) is 16.7 Å². The fourth-order valence-electron chi connectivity index (χ4n) is 0.736. The summed E-state index contributed by atoms with van der Waals surface area (Å²) in [6.45, 7) is 0. The molecule has 1 aromatic carbocycles. The third kappa shape index (κ3) is 2.60. The minimum absolute atomic E-state index is 0.759. The lowest BCUT2D eigenvalue weighted by Gasteiger charge is -1.91. The predicted molar refractivity (Wildman–Crippen MR) is 48.8 cm³/mol. The van der Waals surface area contributed by atoms with Crippen molar-refractivity contribution in [3.05, 3.63) is 35.9 Å². The zero-order valence-electron chi connectivity index (χ0n) is 5.90. The molecule has 56 valence electrons. The highest BCUT2D eigenvalue weighted by Gasteiger charge is 1.84. The zero-order valence-corrected chi connectivity index (χ0v) is 6.79. The van der Waals surface area contributed by atoms with Crippen LogP contribution in [0.15, 0.2) is 35.2 Å². The van der Waals surface area contributed by atoms with E-state index in [2.05, 4.69) is 12.6 Å². The van der Waals surface area contributed by atoms with Crippen LogP contribution < -0.4 is 0 Å². The maximum absolute atomic E-state index is 9.94. The van der Waals surface area contributed by atoms with Gasteiger partial charge in [-0.2, -0.15) is 0 Å². The Labute approximate surface area is 71.2 Å². The summed E-state index contributed by atoms with van der Waals surface area (Å²) in [5, 5.41) is 0. The van der Waals surface area contributed by atoms with E-state index >= 15 is 0 Å². The van der Waals surface area contributed by atoms with E-state index in [-0.39, 0.29) is 0 Å². The average Bonchev–Trinajstić information content (AvgIpc) is 2.04. The first kappa shape index (κ1) is 8.08. The van der Waals surface area contributed by atoms with Gasteiger partial charge in [0.05, 0.1) is 0 Å². The van der Waals surface area contributed by atoms with E-state index in [0.29, 0.717) is 0 Å². The van der Waals surface area contributed by atoms with Crippen LogP contribution >= 0.6 is 12.6 Å². The van der Waals surface area contributed by atoms with Crippen LogP contribution in [-0.4, -0.2) is 6.29 Å². The van der Waals surface area contributed by atoms with Gasteiger partial charge in [0.15, 0.2) is 0 Å². The smallest absolute Gasteiger partial charge is 0.142 e. The van der Waals surface area contributed by atoms with Crippen LogP contribution in [-0.2, 0) is 4.79 Å². The van der Waals surface area contributed by atoms with Gasteiger partial charge < -0.3 is 0 Å². The van der Waals surface area contributed by atoms with Crippen molar-refractivity contribution >= 4 is 25.0 Å². The summed E-state index contributed by atoms with van der Waals surface area (Å²) in [5.74, 6) is 0. The van der Waals surface area contributed by atoms with Gasteiger partial charge in [-0.3, -0.25) is 4.79 Å². The Hall–Kier alpha value is -1.02. The molecule has 0 spiro atoms. The quantitative estimate of drug-likeness (QED) is 0.403. The van der Waals surface area contributed by atoms with Crippen molar-refractivity contribution in [3.63, 3.8) is 0 Å². The highest BCUT2D eigenvalue weighted by Crippen LogP contribution is 2.08. The summed E-state index contributed by atoms with van der Waals surface area (Å²) in [4.78, 5) is 10.9. The number of rotatable bonds is 2. The lowest BCUT2D eigenvalue weighted by Crippen LogP contribution is -1.70. The van der Waals surface area contributed by atoms with Crippen LogP contribution in [0.3, 0.4) is 0 Å². The van der Waals surface area contributed by atoms with E-state index in [9.17, 15) is 4.79 Å². The molecule has 1 rings (SSSR count). The Balaban J connectivity index is 2.81. The monoisotopic (exact) mass is 164 g/mol. The van der Waals surface area contributed by atoms with Crippen LogP contribution in [0.2, 0.25) is 0 Å². The first-order valence-electron chi connectivity index (χ1n) is 3.24. The maximum Gasteiger partial charge on any atom is 0.142 e. The standard InChI is InChI=1S/C9H8OS/c10-7-1-2-8-3-5-9(11)6-4-8/h1-7,11H. The number of hydrogen-bond donors (Lipinski definition) is 1. The Morgan fingerprint density at radius 3 is 2.36 bits per heavy atom. The number of aldehydes is 1. The van der Waals surface area contributed by atoms with E-state index in [1.54, 1.807) is 6.08 Å². The highest BCUT2D eigenvalue weighted by atomic mass is 32.1. The second-order valence-corrected chi connectivity index (χ2v) is 2.60. The van der Waals surface area contributed by atoms with Gasteiger partial charge >= 0.3 is 0 Å². The molecule has 0 atom stereocenters. The topological polar surface area (TPSA) is 17.1 Å². The Kier molecular flexibility index (Phi) is 2.93. The molecule has 0 saturated carbocycles. The molecule has 1 nitrogen and oxygen atoms in total. The third-order valence-electron chi connectivity index (χ3n) is 1.26. The number of thiol groups is 1. The fraction of sp³-hybridized carbons (Fsp3) is 0. The molecule has 0 aromatic heterocycles. The molecular weight excluding hydrogens is 156 g/mol. The molecule has 0 unspecified atom stereocenters. The summed E-state index contributed by atoms with van der Waals surface area (Å²) in [6.07, 6.45) is 3.97. The summed E-state index contributed by atoms with van der Waals surface area (Å²) in [5.41, 5.74) is 1.01. The van der Waals surface area contributed by atoms with Gasteiger partial charge in [-0.25, -0.2) is 0 Å². The molecule has 0 aliphatic heterocycles. The van der Waals surface area contributed by atoms with Gasteiger partial charge in [-0.15, -0.1) is 12.6 Å². The Morgan fingerprint density at radius 1 is 1.18 bits per heavy atom. The second-order valence-electron chi connectivity index (χ2n) is 2.09. The molecule has 1 aromatic rings. The van der Waals surface area contributed by atoms with Crippen molar-refractivity contribution in [1.82, 2.24) is 0 Å². The molecule has 0 amide bonds. The molecule has 0 aliphatic carbocycles. The van der Waals surface area contributed by atoms with Crippen LogP contribution in [0.25, 0.3) is 6.08 Å². The molecule has 0 fully saturated rings. The Morgan fingerprint density at radius 2 is 1.82 bits per heavy atom. The molecule has 0 N–H and O–H groups in total. The van der Waals surface area contributed by atoms with Crippen molar-refractivity contribution in [1.29, 1.82) is 0 Å². The molecule has 11 heavy (non-hydrogen) atoms. The number of allylic oxidation sites excluding steroid dienone is 1. The first-order chi connectivity index (χ1) is 5.33. The van der Waals surface area contributed by atoms with Crippen LogP contribution in [0, 0.1) is 0 Å². The molecule has 0 heterocycles. The largest absolute Gasteiger partial charge is 0.299 e. The summed E-state index contributed by atoms with van der Waals surface area (Å²) >= 11 is 4.13. The van der Waals surface area contributed by atoms with Crippen LogP contribution in [0.4, 0.5) is 0 Å². The highest BCUT2D eigenvalue weighted by molar-refractivity contribution is 7.80. The van der Waals surface area contributed by atoms with Gasteiger partial charge in [0.25, 0.3) is 0 Å². The first-order valence-corrected chi connectivity index (χ1v) is 3.68. The van der Waals surface area contributed by atoms with Crippen molar-refractivity contribution in [3.8, 4) is 0 Å². The molecular formula is C9H8OS. The predicted octanol–water partition coefficient (Wildman–Crippen LogP) is 2.19. The lowest BCUT2D eigenvalue weighted by atomic mass is 10.2. The van der Waals surface area contributed by atoms with Gasteiger partial charge in [-0.1, -0.05) is 18.2 Å². The van der Waals surface area contributed by atoms with Crippen molar-refractivity contribution in [2.75, 3.05) is 0 Å². The fourth-order valence-corrected chi connectivity index (χ4v) is 0.885. The van der Waals surface area contributed by atoms with Crippen molar-refractivity contribution in [2.45, 2.75) is 4.90 Å². The van der Waals surface area contributed by atoms with E-state index in [1.165, 1.54) is 6.08 Å². The van der Waals surface area contributed by atoms with Gasteiger partial charge in [0.1, 0.15) is 6.29 Å². The summed E-state index contributed by atoms with van der Waals surface area (Å²) in [6, 6.07) is 7.58. The second kappa shape index (κ2) is 3.98.